The second-order valence-corrected chi connectivity index (χ2v) is 6.96. The van der Waals surface area contributed by atoms with E-state index in [0.717, 1.165) is 36.8 Å². The van der Waals surface area contributed by atoms with Gasteiger partial charge in [0.1, 0.15) is 0 Å². The van der Waals surface area contributed by atoms with E-state index in [2.05, 4.69) is 4.72 Å². The van der Waals surface area contributed by atoms with Crippen LogP contribution in [0.1, 0.15) is 43.2 Å². The molecule has 3 N–H and O–H groups in total. The van der Waals surface area contributed by atoms with Gasteiger partial charge in [-0.05, 0) is 43.0 Å². The van der Waals surface area contributed by atoms with Gasteiger partial charge in [0.05, 0.1) is 4.90 Å². The molecule has 5 heteroatoms. The maximum absolute atomic E-state index is 12.3. The number of aryl methyl sites for hydroxylation is 1. The molecular weight excluding hydrogens is 260 g/mol. The average molecular weight is 282 g/mol. The fourth-order valence-corrected chi connectivity index (χ4v) is 3.90. The van der Waals surface area contributed by atoms with Gasteiger partial charge in [0.25, 0.3) is 0 Å². The largest absolute Gasteiger partial charge is 0.326 e. The molecule has 0 atom stereocenters. The molecule has 2 rings (SSSR count). The Hall–Kier alpha value is -0.910. The highest BCUT2D eigenvalue weighted by molar-refractivity contribution is 7.89. The smallest absolute Gasteiger partial charge is 0.240 e. The zero-order valence-electron chi connectivity index (χ0n) is 11.4. The molecule has 0 bridgehead atoms. The number of hydrogen-bond donors (Lipinski definition) is 2. The van der Waals surface area contributed by atoms with E-state index in [-0.39, 0.29) is 6.04 Å². The Morgan fingerprint density at radius 1 is 1.26 bits per heavy atom. The zero-order valence-corrected chi connectivity index (χ0v) is 12.2. The van der Waals surface area contributed by atoms with Crippen LogP contribution in [0, 0.1) is 6.92 Å². The molecule has 1 aliphatic carbocycles. The number of rotatable bonds is 4. The normalized spacial score (nSPS) is 17.6. The molecule has 0 aromatic heterocycles. The number of hydrogen-bond acceptors (Lipinski definition) is 3. The van der Waals surface area contributed by atoms with E-state index in [4.69, 9.17) is 5.73 Å². The van der Waals surface area contributed by atoms with Crippen LogP contribution in [0.2, 0.25) is 0 Å². The summed E-state index contributed by atoms with van der Waals surface area (Å²) < 4.78 is 27.5. The van der Waals surface area contributed by atoms with E-state index in [0.29, 0.717) is 11.4 Å². The van der Waals surface area contributed by atoms with Gasteiger partial charge in [-0.15, -0.1) is 0 Å². The van der Waals surface area contributed by atoms with Crippen molar-refractivity contribution >= 4 is 10.0 Å². The fraction of sp³-hybridized carbons (Fsp3) is 0.571. The maximum Gasteiger partial charge on any atom is 0.240 e. The Morgan fingerprint density at radius 2 is 1.95 bits per heavy atom. The molecule has 1 aromatic carbocycles. The van der Waals surface area contributed by atoms with Crippen LogP contribution in [0.25, 0.3) is 0 Å². The first-order chi connectivity index (χ1) is 9.03. The number of nitrogens with one attached hydrogen (secondary N) is 1. The highest BCUT2D eigenvalue weighted by Gasteiger charge is 2.22. The lowest BCUT2D eigenvalue weighted by Crippen LogP contribution is -2.36. The summed E-state index contributed by atoms with van der Waals surface area (Å²) in [4.78, 5) is 0.323. The first kappa shape index (κ1) is 14.5. The van der Waals surface area contributed by atoms with Crippen molar-refractivity contribution in [2.75, 3.05) is 0 Å². The molecule has 1 saturated carbocycles. The van der Waals surface area contributed by atoms with Crippen LogP contribution in [0.3, 0.4) is 0 Å². The van der Waals surface area contributed by atoms with Crippen LogP contribution >= 0.6 is 0 Å². The number of sulfonamides is 1. The number of benzene rings is 1. The summed E-state index contributed by atoms with van der Waals surface area (Å²) in [6, 6.07) is 5.24. The Balaban J connectivity index is 2.18. The topological polar surface area (TPSA) is 72.2 Å². The van der Waals surface area contributed by atoms with Crippen molar-refractivity contribution in [1.29, 1.82) is 0 Å². The molecule has 0 unspecified atom stereocenters. The quantitative estimate of drug-likeness (QED) is 0.888. The van der Waals surface area contributed by atoms with Crippen LogP contribution in [-0.2, 0) is 16.6 Å². The van der Waals surface area contributed by atoms with Gasteiger partial charge in [-0.25, -0.2) is 13.1 Å². The minimum atomic E-state index is -3.41. The molecule has 0 spiro atoms. The van der Waals surface area contributed by atoms with Gasteiger partial charge in [-0.2, -0.15) is 0 Å². The van der Waals surface area contributed by atoms with Gasteiger partial charge in [0.15, 0.2) is 0 Å². The molecule has 1 aromatic rings. The van der Waals surface area contributed by atoms with Gasteiger partial charge < -0.3 is 5.73 Å². The summed E-state index contributed by atoms with van der Waals surface area (Å²) in [6.07, 6.45) is 5.30. The third-order valence-corrected chi connectivity index (χ3v) is 5.30. The van der Waals surface area contributed by atoms with Crippen molar-refractivity contribution in [1.82, 2.24) is 4.72 Å². The fourth-order valence-electron chi connectivity index (χ4n) is 2.54. The maximum atomic E-state index is 12.3. The van der Waals surface area contributed by atoms with Gasteiger partial charge in [-0.3, -0.25) is 0 Å². The molecule has 1 fully saturated rings. The van der Waals surface area contributed by atoms with Crippen LogP contribution in [0.5, 0.6) is 0 Å². The second-order valence-electron chi connectivity index (χ2n) is 5.25. The summed E-state index contributed by atoms with van der Waals surface area (Å²) in [6.45, 7) is 2.30. The summed E-state index contributed by atoms with van der Waals surface area (Å²) in [7, 11) is -3.41. The Morgan fingerprint density at radius 3 is 2.58 bits per heavy atom. The molecule has 0 radical (unpaired) electrons. The molecule has 0 heterocycles. The monoisotopic (exact) mass is 282 g/mol. The zero-order chi connectivity index (χ0) is 13.9. The van der Waals surface area contributed by atoms with Crippen molar-refractivity contribution in [3.05, 3.63) is 29.3 Å². The van der Waals surface area contributed by atoms with Crippen LogP contribution in [0.15, 0.2) is 23.1 Å². The van der Waals surface area contributed by atoms with Gasteiger partial charge in [0, 0.05) is 12.6 Å². The predicted octanol–water partition coefficient (Wildman–Crippen LogP) is 2.06. The van der Waals surface area contributed by atoms with Gasteiger partial charge in [-0.1, -0.05) is 25.3 Å². The molecule has 0 amide bonds. The van der Waals surface area contributed by atoms with Gasteiger partial charge >= 0.3 is 0 Å². The van der Waals surface area contributed by atoms with Crippen molar-refractivity contribution in [2.45, 2.75) is 56.5 Å². The number of nitrogens with two attached hydrogens (primary N) is 1. The Labute approximate surface area is 115 Å². The summed E-state index contributed by atoms with van der Waals surface area (Å²) in [5, 5.41) is 0. The first-order valence-electron chi connectivity index (χ1n) is 6.85. The SMILES string of the molecule is Cc1ccc(S(=O)(=O)NC2CCCCC2)cc1CN. The van der Waals surface area contributed by atoms with E-state index >= 15 is 0 Å². The minimum absolute atomic E-state index is 0.0846. The lowest BCUT2D eigenvalue weighted by atomic mass is 9.96. The van der Waals surface area contributed by atoms with Crippen LogP contribution < -0.4 is 10.5 Å². The molecule has 4 nitrogen and oxygen atoms in total. The van der Waals surface area contributed by atoms with Crippen molar-refractivity contribution < 1.29 is 8.42 Å². The van der Waals surface area contributed by atoms with E-state index in [1.807, 2.05) is 13.0 Å². The van der Waals surface area contributed by atoms with E-state index in [9.17, 15) is 8.42 Å². The third kappa shape index (κ3) is 3.55. The summed E-state index contributed by atoms with van der Waals surface area (Å²) in [5.74, 6) is 0. The second kappa shape index (κ2) is 6.03. The standard InChI is InChI=1S/C14H22N2O2S/c1-11-7-8-14(9-12(11)10-15)19(17,18)16-13-5-3-2-4-6-13/h7-9,13,16H,2-6,10,15H2,1H3. The van der Waals surface area contributed by atoms with Gasteiger partial charge in [0.2, 0.25) is 10.0 Å². The van der Waals surface area contributed by atoms with Crippen molar-refractivity contribution in [3.63, 3.8) is 0 Å². The molecule has 19 heavy (non-hydrogen) atoms. The molecule has 1 aliphatic rings. The highest BCUT2D eigenvalue weighted by Crippen LogP contribution is 2.21. The lowest BCUT2D eigenvalue weighted by molar-refractivity contribution is 0.412. The van der Waals surface area contributed by atoms with Crippen LogP contribution in [-0.4, -0.2) is 14.5 Å². The minimum Gasteiger partial charge on any atom is -0.326 e. The predicted molar refractivity (Wildman–Crippen MR) is 76.3 cm³/mol. The van der Waals surface area contributed by atoms with E-state index < -0.39 is 10.0 Å². The Kier molecular flexibility index (Phi) is 4.60. The summed E-state index contributed by atoms with van der Waals surface area (Å²) >= 11 is 0. The highest BCUT2D eigenvalue weighted by atomic mass is 32.2. The molecule has 0 aliphatic heterocycles. The van der Waals surface area contributed by atoms with E-state index in [1.54, 1.807) is 12.1 Å². The first-order valence-corrected chi connectivity index (χ1v) is 8.33. The molecular formula is C14H22N2O2S. The van der Waals surface area contributed by atoms with Crippen molar-refractivity contribution in [3.8, 4) is 0 Å². The molecule has 106 valence electrons. The van der Waals surface area contributed by atoms with E-state index in [1.165, 1.54) is 6.42 Å². The van der Waals surface area contributed by atoms with Crippen LogP contribution in [0.4, 0.5) is 0 Å². The molecule has 0 saturated heterocycles. The summed E-state index contributed by atoms with van der Waals surface area (Å²) in [5.41, 5.74) is 7.54. The lowest BCUT2D eigenvalue weighted by Gasteiger charge is -2.22. The average Bonchev–Trinajstić information content (AvgIpc) is 2.39. The third-order valence-electron chi connectivity index (χ3n) is 3.78. The Bertz CT molecular complexity index is 534. The van der Waals surface area contributed by atoms with Crippen molar-refractivity contribution in [2.24, 2.45) is 5.73 Å².